The van der Waals surface area contributed by atoms with Crippen LogP contribution in [0.3, 0.4) is 0 Å². The van der Waals surface area contributed by atoms with Gasteiger partial charge in [0.15, 0.2) is 5.94 Å². The van der Waals surface area contributed by atoms with E-state index < -0.39 is 0 Å². The Kier molecular flexibility index (Phi) is 4.53. The van der Waals surface area contributed by atoms with Crippen LogP contribution in [0.2, 0.25) is 0 Å². The molecule has 1 N–H and O–H groups in total. The number of carbonyl (C=O) groups excluding carboxylic acids is 1. The van der Waals surface area contributed by atoms with E-state index in [0.29, 0.717) is 32.4 Å². The van der Waals surface area contributed by atoms with E-state index in [0.717, 1.165) is 6.26 Å². The van der Waals surface area contributed by atoms with Crippen molar-refractivity contribution < 1.29 is 9.90 Å². The van der Waals surface area contributed by atoms with Crippen LogP contribution >= 0.6 is 0 Å². The normalized spacial score (nSPS) is 14.4. The highest BCUT2D eigenvalue weighted by Gasteiger charge is 1.99. The van der Waals surface area contributed by atoms with E-state index >= 15 is 0 Å². The number of hydrogen-bond donors (Lipinski definition) is 1. The van der Waals surface area contributed by atoms with Crippen LogP contribution in [-0.4, -0.2) is 31.6 Å². The molecule has 0 aliphatic rings. The molecular formula is C16H18N4O2. The number of aromatic nitrogens is 3. The monoisotopic (exact) mass is 298 g/mol. The van der Waals surface area contributed by atoms with Gasteiger partial charge in [-0.3, -0.25) is 4.98 Å². The molecule has 22 heavy (non-hydrogen) atoms. The third kappa shape index (κ3) is 2.97. The lowest BCUT2D eigenvalue weighted by atomic mass is 10.2. The summed E-state index contributed by atoms with van der Waals surface area (Å²) in [6, 6.07) is 3.54. The molecule has 0 aliphatic heterocycles. The highest BCUT2D eigenvalue weighted by atomic mass is 16.2. The van der Waals surface area contributed by atoms with Gasteiger partial charge in [0.05, 0.1) is 16.8 Å². The minimum atomic E-state index is 0.0730. The fraction of sp³-hybridized carbons (Fsp3) is 0.312. The zero-order valence-electron chi connectivity index (χ0n) is 13.0. The first-order valence-corrected chi connectivity index (χ1v) is 6.91. The second kappa shape index (κ2) is 6.37. The number of aryl methyl sites for hydroxylation is 1. The number of hydrogen-bond acceptors (Lipinski definition) is 5. The molecule has 0 aromatic carbocycles. The summed E-state index contributed by atoms with van der Waals surface area (Å²) in [6.45, 7) is 5.66. The van der Waals surface area contributed by atoms with Crippen LogP contribution in [0.5, 0.6) is 0 Å². The number of aliphatic hydroxyl groups is 1. The van der Waals surface area contributed by atoms with Crippen molar-refractivity contribution in [3.05, 3.63) is 50.8 Å². The van der Waals surface area contributed by atoms with Gasteiger partial charge in [-0.15, -0.1) is 0 Å². The first-order chi connectivity index (χ1) is 10.5. The number of aliphatic hydroxyl groups excluding tert-OH is 1. The maximum Gasteiger partial charge on any atom is 0.225 e. The van der Waals surface area contributed by atoms with Crippen molar-refractivity contribution in [2.45, 2.75) is 26.8 Å². The molecular weight excluding hydrogens is 280 g/mol. The van der Waals surface area contributed by atoms with Crippen molar-refractivity contribution in [1.29, 1.82) is 0 Å². The van der Waals surface area contributed by atoms with Gasteiger partial charge in [0.1, 0.15) is 5.35 Å². The molecule has 0 bridgehead atoms. The van der Waals surface area contributed by atoms with Gasteiger partial charge in [-0.1, -0.05) is 0 Å². The second-order valence-electron chi connectivity index (χ2n) is 5.20. The first kappa shape index (κ1) is 15.7. The molecule has 0 saturated heterocycles. The van der Waals surface area contributed by atoms with E-state index in [2.05, 4.69) is 15.0 Å². The van der Waals surface area contributed by atoms with Gasteiger partial charge in [-0.2, -0.15) is 0 Å². The van der Waals surface area contributed by atoms with Crippen LogP contribution < -0.4 is 16.2 Å². The van der Waals surface area contributed by atoms with Crippen LogP contribution in [0, 0.1) is 17.5 Å². The van der Waals surface area contributed by atoms with Crippen molar-refractivity contribution in [3.8, 4) is 0 Å². The van der Waals surface area contributed by atoms with E-state index in [9.17, 15) is 4.79 Å². The van der Waals surface area contributed by atoms with E-state index in [1.807, 2.05) is 19.8 Å². The Morgan fingerprint density at radius 3 is 2.68 bits per heavy atom. The van der Waals surface area contributed by atoms with Gasteiger partial charge in [0.2, 0.25) is 5.62 Å². The van der Waals surface area contributed by atoms with Crippen LogP contribution in [0.4, 0.5) is 0 Å². The molecule has 0 unspecified atom stereocenters. The van der Waals surface area contributed by atoms with Crippen LogP contribution in [-0.2, 0) is 11.8 Å². The van der Waals surface area contributed by atoms with E-state index in [-0.39, 0.29) is 6.04 Å². The minimum Gasteiger partial charge on any atom is -0.515 e. The summed E-state index contributed by atoms with van der Waals surface area (Å²) in [4.78, 5) is 24.4. The van der Waals surface area contributed by atoms with Crippen molar-refractivity contribution in [2.75, 3.05) is 0 Å². The average Bonchev–Trinajstić information content (AvgIpc) is 2.48. The third-order valence-corrected chi connectivity index (χ3v) is 3.21. The Hall–Kier alpha value is -2.72. The molecule has 2 aromatic heterocycles. The average molecular weight is 298 g/mol. The van der Waals surface area contributed by atoms with Gasteiger partial charge in [0, 0.05) is 30.2 Å². The third-order valence-electron chi connectivity index (χ3n) is 3.21. The molecule has 0 radical (unpaired) electrons. The summed E-state index contributed by atoms with van der Waals surface area (Å²) in [5.41, 5.74) is 1.13. The lowest BCUT2D eigenvalue weighted by molar-refractivity contribution is 0.539. The lowest BCUT2D eigenvalue weighted by Gasteiger charge is -2.01. The maximum atomic E-state index is 11.4. The highest BCUT2D eigenvalue weighted by Crippen LogP contribution is 1.88. The fourth-order valence-corrected chi connectivity index (χ4v) is 2.07. The smallest absolute Gasteiger partial charge is 0.225 e. The maximum absolute atomic E-state index is 11.4. The van der Waals surface area contributed by atoms with Gasteiger partial charge in [-0.25, -0.2) is 14.8 Å². The number of nitrogens with zero attached hydrogens (tertiary/aromatic N) is 4. The summed E-state index contributed by atoms with van der Waals surface area (Å²) in [7, 11) is 1.72. The number of pyridine rings is 1. The predicted molar refractivity (Wildman–Crippen MR) is 81.7 cm³/mol. The summed E-state index contributed by atoms with van der Waals surface area (Å²) >= 11 is 0. The first-order valence-electron chi connectivity index (χ1n) is 6.91. The Bertz CT molecular complexity index is 1000. The Morgan fingerprint density at radius 1 is 1.41 bits per heavy atom. The van der Waals surface area contributed by atoms with Gasteiger partial charge in [0.25, 0.3) is 0 Å². The van der Waals surface area contributed by atoms with Crippen LogP contribution in [0.1, 0.15) is 19.5 Å². The molecule has 0 amide bonds. The van der Waals surface area contributed by atoms with Crippen molar-refractivity contribution in [2.24, 2.45) is 12.0 Å². The topological polar surface area (TPSA) is 80.4 Å². The molecule has 0 atom stereocenters. The molecule has 2 heterocycles. The quantitative estimate of drug-likeness (QED) is 0.771. The van der Waals surface area contributed by atoms with Gasteiger partial charge < -0.3 is 9.67 Å². The fourth-order valence-electron chi connectivity index (χ4n) is 2.07. The largest absolute Gasteiger partial charge is 0.515 e. The highest BCUT2D eigenvalue weighted by molar-refractivity contribution is 5.43. The van der Waals surface area contributed by atoms with E-state index in [1.54, 1.807) is 36.9 Å². The second-order valence-corrected chi connectivity index (χ2v) is 5.20. The van der Waals surface area contributed by atoms with E-state index in [1.165, 1.54) is 0 Å². The Morgan fingerprint density at radius 2 is 2.14 bits per heavy atom. The van der Waals surface area contributed by atoms with Crippen molar-refractivity contribution >= 4 is 12.2 Å². The Balaban J connectivity index is 3.02. The summed E-state index contributed by atoms with van der Waals surface area (Å²) < 4.78 is 1.60. The van der Waals surface area contributed by atoms with Crippen molar-refractivity contribution in [1.82, 2.24) is 14.5 Å². The summed E-state index contributed by atoms with van der Waals surface area (Å²) in [5, 5.41) is 11.2. The zero-order chi connectivity index (χ0) is 16.3. The molecule has 0 saturated carbocycles. The van der Waals surface area contributed by atoms with E-state index in [4.69, 9.17) is 5.11 Å². The molecule has 6 nitrogen and oxygen atoms in total. The summed E-state index contributed by atoms with van der Waals surface area (Å²) in [5.74, 6) is 1.94. The standard InChI is InChI=1S/C16H18N4O2/c1-10(2)18-16-17-7-13(15(9-22)20(16)4)14-6-5-12(8-21)11(3)19-14/h5-8,10,21H,1-4H3/b12-8+,14-13+,18-16?. The molecule has 6 heteroatoms. The summed E-state index contributed by atoms with van der Waals surface area (Å²) in [6.07, 6.45) is 2.58. The minimum absolute atomic E-state index is 0.0730. The SMILES string of the molecule is Cc1n/c(=c2\cnc(=NC(C)C)n(C)c2=C=O)cc/c1=C\O. The number of rotatable bonds is 1. The van der Waals surface area contributed by atoms with Crippen molar-refractivity contribution in [3.63, 3.8) is 0 Å². The molecule has 0 spiro atoms. The van der Waals surface area contributed by atoms with Gasteiger partial charge >= 0.3 is 0 Å². The molecule has 0 fully saturated rings. The predicted octanol–water partition coefficient (Wildman–Crippen LogP) is -0.481. The lowest BCUT2D eigenvalue weighted by Crippen LogP contribution is -2.36. The Labute approximate surface area is 127 Å². The van der Waals surface area contributed by atoms with Crippen LogP contribution in [0.15, 0.2) is 23.3 Å². The molecule has 114 valence electrons. The van der Waals surface area contributed by atoms with Crippen LogP contribution in [0.25, 0.3) is 6.26 Å². The molecule has 0 aliphatic carbocycles. The zero-order valence-corrected chi connectivity index (χ0v) is 13.0. The van der Waals surface area contributed by atoms with Gasteiger partial charge in [-0.05, 0) is 32.9 Å². The molecule has 2 aromatic rings. The molecule has 2 rings (SSSR count).